The second-order valence-electron chi connectivity index (χ2n) is 5.46. The number of aromatic nitrogens is 2. The molecule has 0 aliphatic heterocycles. The molecule has 0 radical (unpaired) electrons. The van der Waals surface area contributed by atoms with Crippen molar-refractivity contribution in [3.8, 4) is 0 Å². The van der Waals surface area contributed by atoms with Crippen LogP contribution in [-0.4, -0.2) is 22.7 Å². The largest absolute Gasteiger partial charge is 0.337 e. The fourth-order valence-electron chi connectivity index (χ4n) is 2.65. The van der Waals surface area contributed by atoms with E-state index in [1.807, 2.05) is 30.5 Å². The number of hydrogen-bond donors (Lipinski definition) is 1. The average molecular weight is 303 g/mol. The fourth-order valence-corrected chi connectivity index (χ4v) is 2.65. The summed E-state index contributed by atoms with van der Waals surface area (Å²) in [5, 5.41) is 0. The molecule has 0 spiro atoms. The maximum Gasteiger partial charge on any atom is 0.149 e. The number of aliphatic imine (C=N–C) groups is 1. The highest BCUT2D eigenvalue weighted by atomic mass is 14.9. The van der Waals surface area contributed by atoms with Gasteiger partial charge in [0.1, 0.15) is 5.82 Å². The summed E-state index contributed by atoms with van der Waals surface area (Å²) in [7, 11) is 0. The lowest BCUT2D eigenvalue weighted by Crippen LogP contribution is -1.90. The van der Waals surface area contributed by atoms with Crippen LogP contribution in [0.2, 0.25) is 0 Å². The molecular formula is C20H21N3. The first-order valence-electron chi connectivity index (χ1n) is 8.02. The van der Waals surface area contributed by atoms with Crippen LogP contribution >= 0.6 is 0 Å². The van der Waals surface area contributed by atoms with Crippen molar-refractivity contribution in [2.75, 3.05) is 6.54 Å². The predicted molar refractivity (Wildman–Crippen MR) is 97.9 cm³/mol. The Labute approximate surface area is 136 Å². The maximum absolute atomic E-state index is 4.49. The van der Waals surface area contributed by atoms with Crippen LogP contribution in [0.5, 0.6) is 0 Å². The standard InChI is InChI=1S/C20H21N3/c1-2-16(17-9-4-3-5-10-17)11-8-14-21-15-20-22-18-12-6-7-13-19(18)23-20/h2-7,9-10,12-13,15H,8,11,14H2,1H3,(H,22,23). The molecule has 0 atom stereocenters. The van der Waals surface area contributed by atoms with Crippen LogP contribution in [0.15, 0.2) is 65.7 Å². The Balaban J connectivity index is 1.53. The molecule has 1 aromatic heterocycles. The molecule has 116 valence electrons. The van der Waals surface area contributed by atoms with Gasteiger partial charge < -0.3 is 4.98 Å². The Morgan fingerprint density at radius 3 is 2.65 bits per heavy atom. The Morgan fingerprint density at radius 2 is 1.87 bits per heavy atom. The molecule has 3 nitrogen and oxygen atoms in total. The molecule has 23 heavy (non-hydrogen) atoms. The third-order valence-corrected chi connectivity index (χ3v) is 3.85. The number of aromatic amines is 1. The zero-order chi connectivity index (χ0) is 15.9. The number of hydrogen-bond acceptors (Lipinski definition) is 2. The molecule has 0 unspecified atom stereocenters. The smallest absolute Gasteiger partial charge is 0.149 e. The van der Waals surface area contributed by atoms with Crippen LogP contribution in [0.1, 0.15) is 31.2 Å². The van der Waals surface area contributed by atoms with E-state index in [0.29, 0.717) is 0 Å². The van der Waals surface area contributed by atoms with Gasteiger partial charge in [0.2, 0.25) is 0 Å². The van der Waals surface area contributed by atoms with Crippen LogP contribution in [0.4, 0.5) is 0 Å². The van der Waals surface area contributed by atoms with Crippen LogP contribution in [0, 0.1) is 0 Å². The van der Waals surface area contributed by atoms with Gasteiger partial charge in [0.15, 0.2) is 0 Å². The highest BCUT2D eigenvalue weighted by molar-refractivity contribution is 5.83. The van der Waals surface area contributed by atoms with E-state index in [2.05, 4.69) is 58.3 Å². The number of fused-ring (bicyclic) bond motifs is 1. The van der Waals surface area contributed by atoms with Crippen molar-refractivity contribution in [2.45, 2.75) is 19.8 Å². The molecule has 0 fully saturated rings. The number of nitrogens with zero attached hydrogens (tertiary/aromatic N) is 2. The zero-order valence-corrected chi connectivity index (χ0v) is 13.4. The van der Waals surface area contributed by atoms with Gasteiger partial charge in [-0.25, -0.2) is 4.98 Å². The number of imidazole rings is 1. The third-order valence-electron chi connectivity index (χ3n) is 3.85. The Hall–Kier alpha value is -2.68. The molecule has 0 saturated carbocycles. The van der Waals surface area contributed by atoms with Gasteiger partial charge in [-0.05, 0) is 43.0 Å². The summed E-state index contributed by atoms with van der Waals surface area (Å²) in [4.78, 5) is 12.2. The minimum atomic E-state index is 0.807. The molecule has 0 saturated heterocycles. The molecular weight excluding hydrogens is 282 g/mol. The molecule has 0 aliphatic carbocycles. The molecule has 1 N–H and O–H groups in total. The number of nitrogens with one attached hydrogen (secondary N) is 1. The van der Waals surface area contributed by atoms with Crippen molar-refractivity contribution >= 4 is 22.8 Å². The van der Waals surface area contributed by atoms with Gasteiger partial charge in [-0.2, -0.15) is 0 Å². The van der Waals surface area contributed by atoms with Gasteiger partial charge in [0, 0.05) is 6.54 Å². The molecule has 3 aromatic rings. The topological polar surface area (TPSA) is 41.0 Å². The van der Waals surface area contributed by atoms with E-state index in [1.165, 1.54) is 11.1 Å². The van der Waals surface area contributed by atoms with Gasteiger partial charge in [0.05, 0.1) is 17.2 Å². The van der Waals surface area contributed by atoms with E-state index in [4.69, 9.17) is 0 Å². The summed E-state index contributed by atoms with van der Waals surface area (Å²) in [6.45, 7) is 2.90. The van der Waals surface area contributed by atoms with E-state index >= 15 is 0 Å². The number of para-hydroxylation sites is 2. The SMILES string of the molecule is CC=C(CCCN=Cc1nc2ccccc2[nH]1)c1ccccc1. The quantitative estimate of drug-likeness (QED) is 0.512. The first kappa shape index (κ1) is 15.2. The first-order chi connectivity index (χ1) is 11.4. The molecule has 1 heterocycles. The van der Waals surface area contributed by atoms with Crippen LogP contribution in [0.3, 0.4) is 0 Å². The lowest BCUT2D eigenvalue weighted by Gasteiger charge is -2.05. The predicted octanol–water partition coefficient (Wildman–Crippen LogP) is 4.87. The Kier molecular flexibility index (Phi) is 4.99. The zero-order valence-electron chi connectivity index (χ0n) is 13.4. The first-order valence-corrected chi connectivity index (χ1v) is 8.02. The average Bonchev–Trinajstić information content (AvgIpc) is 3.01. The molecule has 0 bridgehead atoms. The summed E-state index contributed by atoms with van der Waals surface area (Å²) in [5.41, 5.74) is 4.71. The van der Waals surface area contributed by atoms with E-state index < -0.39 is 0 Å². The summed E-state index contributed by atoms with van der Waals surface area (Å²) in [6, 6.07) is 18.6. The Morgan fingerprint density at radius 1 is 1.09 bits per heavy atom. The second kappa shape index (κ2) is 7.54. The molecule has 0 aliphatic rings. The third kappa shape index (κ3) is 3.95. The molecule has 3 heteroatoms. The summed E-state index contributed by atoms with van der Waals surface area (Å²) >= 11 is 0. The number of allylic oxidation sites excluding steroid dienone is 2. The van der Waals surface area contributed by atoms with E-state index in [9.17, 15) is 0 Å². The number of rotatable bonds is 6. The normalized spacial score (nSPS) is 12.3. The van der Waals surface area contributed by atoms with Gasteiger partial charge in [0.25, 0.3) is 0 Å². The lowest BCUT2D eigenvalue weighted by atomic mass is 10.0. The van der Waals surface area contributed by atoms with E-state index in [-0.39, 0.29) is 0 Å². The fraction of sp³-hybridized carbons (Fsp3) is 0.200. The van der Waals surface area contributed by atoms with Crippen molar-refractivity contribution < 1.29 is 0 Å². The lowest BCUT2D eigenvalue weighted by molar-refractivity contribution is 0.867. The maximum atomic E-state index is 4.49. The van der Waals surface area contributed by atoms with Crippen molar-refractivity contribution in [1.82, 2.24) is 9.97 Å². The van der Waals surface area contributed by atoms with Gasteiger partial charge in [-0.3, -0.25) is 4.99 Å². The van der Waals surface area contributed by atoms with Crippen molar-refractivity contribution in [3.05, 3.63) is 72.1 Å². The number of benzene rings is 2. The Bertz CT molecular complexity index is 780. The van der Waals surface area contributed by atoms with Gasteiger partial charge in [-0.1, -0.05) is 48.5 Å². The highest BCUT2D eigenvalue weighted by Gasteiger charge is 2.00. The highest BCUT2D eigenvalue weighted by Crippen LogP contribution is 2.19. The van der Waals surface area contributed by atoms with Crippen LogP contribution in [-0.2, 0) is 0 Å². The summed E-state index contributed by atoms with van der Waals surface area (Å²) in [5.74, 6) is 0.820. The van der Waals surface area contributed by atoms with E-state index in [1.54, 1.807) is 0 Å². The van der Waals surface area contributed by atoms with Gasteiger partial charge >= 0.3 is 0 Å². The minimum Gasteiger partial charge on any atom is -0.337 e. The molecule has 0 amide bonds. The minimum absolute atomic E-state index is 0.807. The number of H-pyrrole nitrogens is 1. The molecule has 3 rings (SSSR count). The summed E-state index contributed by atoms with van der Waals surface area (Å²) < 4.78 is 0. The summed E-state index contributed by atoms with van der Waals surface area (Å²) in [6.07, 6.45) is 6.10. The van der Waals surface area contributed by atoms with Gasteiger partial charge in [-0.15, -0.1) is 0 Å². The molecule has 2 aromatic carbocycles. The monoisotopic (exact) mass is 303 g/mol. The van der Waals surface area contributed by atoms with E-state index in [0.717, 1.165) is 36.2 Å². The van der Waals surface area contributed by atoms with Crippen molar-refractivity contribution in [3.63, 3.8) is 0 Å². The van der Waals surface area contributed by atoms with Crippen molar-refractivity contribution in [1.29, 1.82) is 0 Å². The van der Waals surface area contributed by atoms with Crippen LogP contribution in [0.25, 0.3) is 16.6 Å². The van der Waals surface area contributed by atoms with Crippen molar-refractivity contribution in [2.24, 2.45) is 4.99 Å². The van der Waals surface area contributed by atoms with Crippen LogP contribution < -0.4 is 0 Å². The second-order valence-corrected chi connectivity index (χ2v) is 5.46.